The Kier molecular flexibility index (Phi) is 1.85. The number of hydrogen-bond donors (Lipinski definition) is 1. The molecule has 1 saturated carbocycles. The van der Waals surface area contributed by atoms with Crippen molar-refractivity contribution in [2.75, 3.05) is 6.54 Å². The molecule has 0 bridgehead atoms. The second-order valence-electron chi connectivity index (χ2n) is 4.41. The maximum atomic E-state index is 7.82. The smallest absolute Gasteiger partial charge is 0.0962 e. The molecule has 2 rings (SSSR count). The maximum absolute atomic E-state index is 7.82. The lowest BCUT2D eigenvalue weighted by Gasteiger charge is -2.36. The molecule has 1 saturated heterocycles. The summed E-state index contributed by atoms with van der Waals surface area (Å²) < 4.78 is 0. The first-order valence-corrected chi connectivity index (χ1v) is 5.07. The first kappa shape index (κ1) is 8.09. The number of likely N-dealkylation sites (tertiary alicyclic amines) is 1. The normalized spacial score (nSPS) is 28.4. The molecule has 2 heteroatoms. The molecule has 0 spiro atoms. The van der Waals surface area contributed by atoms with Crippen LogP contribution in [0.2, 0.25) is 0 Å². The van der Waals surface area contributed by atoms with E-state index < -0.39 is 0 Å². The van der Waals surface area contributed by atoms with E-state index in [-0.39, 0.29) is 0 Å². The van der Waals surface area contributed by atoms with E-state index in [2.05, 4.69) is 11.8 Å². The summed E-state index contributed by atoms with van der Waals surface area (Å²) >= 11 is 0. The van der Waals surface area contributed by atoms with E-state index in [1.807, 2.05) is 0 Å². The van der Waals surface area contributed by atoms with Gasteiger partial charge in [0.1, 0.15) is 0 Å². The molecule has 1 aliphatic carbocycles. The highest BCUT2D eigenvalue weighted by atomic mass is 15.2. The zero-order valence-electron chi connectivity index (χ0n) is 7.90. The van der Waals surface area contributed by atoms with Crippen LogP contribution in [0.4, 0.5) is 0 Å². The van der Waals surface area contributed by atoms with Gasteiger partial charge in [-0.15, -0.1) is 0 Å². The van der Waals surface area contributed by atoms with E-state index in [0.29, 0.717) is 5.54 Å². The molecule has 0 aromatic carbocycles. The molecular weight excluding hydrogens is 148 g/mol. The topological polar surface area (TPSA) is 27.1 Å². The molecule has 0 amide bonds. The van der Waals surface area contributed by atoms with Crippen molar-refractivity contribution in [2.24, 2.45) is 0 Å². The van der Waals surface area contributed by atoms with Crippen LogP contribution in [0.1, 0.15) is 45.4 Å². The van der Waals surface area contributed by atoms with Gasteiger partial charge < -0.3 is 4.90 Å². The van der Waals surface area contributed by atoms with Crippen LogP contribution >= 0.6 is 0 Å². The minimum atomic E-state index is 0.355. The van der Waals surface area contributed by atoms with E-state index in [1.165, 1.54) is 32.1 Å². The van der Waals surface area contributed by atoms with Gasteiger partial charge in [-0.1, -0.05) is 12.8 Å². The van der Waals surface area contributed by atoms with E-state index in [9.17, 15) is 0 Å². The molecule has 2 aliphatic rings. The Bertz CT molecular complexity index is 192. The van der Waals surface area contributed by atoms with Crippen molar-refractivity contribution in [1.82, 2.24) is 4.90 Å². The van der Waals surface area contributed by atoms with Crippen LogP contribution in [0.3, 0.4) is 0 Å². The Morgan fingerprint density at radius 2 is 1.92 bits per heavy atom. The molecule has 0 atom stereocenters. The lowest BCUT2D eigenvalue weighted by atomic mass is 9.98. The summed E-state index contributed by atoms with van der Waals surface area (Å²) in [5.41, 5.74) is 0.355. The minimum Gasteiger partial charge on any atom is -0.355 e. The second kappa shape index (κ2) is 2.75. The van der Waals surface area contributed by atoms with Crippen LogP contribution in [0.5, 0.6) is 0 Å². The molecule has 2 fully saturated rings. The third-order valence-electron chi connectivity index (χ3n) is 3.45. The van der Waals surface area contributed by atoms with Gasteiger partial charge in [0.2, 0.25) is 0 Å². The third kappa shape index (κ3) is 1.13. The quantitative estimate of drug-likeness (QED) is 0.636. The van der Waals surface area contributed by atoms with Crippen molar-refractivity contribution in [3.63, 3.8) is 0 Å². The van der Waals surface area contributed by atoms with Crippen LogP contribution < -0.4 is 0 Å². The number of nitrogens with zero attached hydrogens (tertiary/aromatic N) is 1. The predicted molar refractivity (Wildman–Crippen MR) is 50.5 cm³/mol. The number of nitrogens with one attached hydrogen (secondary N) is 1. The van der Waals surface area contributed by atoms with Gasteiger partial charge in [-0.05, 0) is 26.2 Å². The van der Waals surface area contributed by atoms with E-state index in [4.69, 9.17) is 5.41 Å². The zero-order chi connectivity index (χ0) is 8.60. The van der Waals surface area contributed by atoms with E-state index >= 15 is 0 Å². The van der Waals surface area contributed by atoms with Crippen molar-refractivity contribution < 1.29 is 0 Å². The van der Waals surface area contributed by atoms with Crippen molar-refractivity contribution in [3.05, 3.63) is 0 Å². The molecule has 0 aromatic heterocycles. The number of amidine groups is 1. The summed E-state index contributed by atoms with van der Waals surface area (Å²) in [6.45, 7) is 3.47. The summed E-state index contributed by atoms with van der Waals surface area (Å²) in [6, 6.07) is 0. The SMILES string of the molecule is CC1(N2CCCC2=N)CCCC1. The Labute approximate surface area is 74.5 Å². The van der Waals surface area contributed by atoms with Crippen LogP contribution in [-0.4, -0.2) is 22.8 Å². The fourth-order valence-electron chi connectivity index (χ4n) is 2.68. The van der Waals surface area contributed by atoms with Gasteiger partial charge in [0.25, 0.3) is 0 Å². The predicted octanol–water partition coefficient (Wildman–Crippen LogP) is 2.39. The summed E-state index contributed by atoms with van der Waals surface area (Å²) in [5.74, 6) is 0.888. The molecule has 1 N–H and O–H groups in total. The first-order valence-electron chi connectivity index (χ1n) is 5.07. The summed E-state index contributed by atoms with van der Waals surface area (Å²) in [5, 5.41) is 7.82. The van der Waals surface area contributed by atoms with E-state index in [1.54, 1.807) is 0 Å². The Morgan fingerprint density at radius 1 is 1.25 bits per heavy atom. The molecule has 12 heavy (non-hydrogen) atoms. The highest BCUT2D eigenvalue weighted by Gasteiger charge is 2.37. The summed E-state index contributed by atoms with van der Waals surface area (Å²) in [7, 11) is 0. The van der Waals surface area contributed by atoms with Gasteiger partial charge in [0.15, 0.2) is 0 Å². The molecule has 0 unspecified atom stereocenters. The van der Waals surface area contributed by atoms with Crippen molar-refractivity contribution in [2.45, 2.75) is 51.0 Å². The fourth-order valence-corrected chi connectivity index (χ4v) is 2.68. The average molecular weight is 166 g/mol. The number of hydrogen-bond acceptors (Lipinski definition) is 1. The van der Waals surface area contributed by atoms with Gasteiger partial charge in [-0.25, -0.2) is 0 Å². The van der Waals surface area contributed by atoms with Crippen molar-refractivity contribution in [3.8, 4) is 0 Å². The average Bonchev–Trinajstić information content (AvgIpc) is 2.59. The first-order chi connectivity index (χ1) is 5.72. The van der Waals surface area contributed by atoms with Crippen molar-refractivity contribution in [1.29, 1.82) is 5.41 Å². The minimum absolute atomic E-state index is 0.355. The monoisotopic (exact) mass is 166 g/mol. The van der Waals surface area contributed by atoms with Crippen LogP contribution in [0.25, 0.3) is 0 Å². The van der Waals surface area contributed by atoms with Crippen LogP contribution in [0, 0.1) is 5.41 Å². The molecule has 68 valence electrons. The van der Waals surface area contributed by atoms with Gasteiger partial charge in [-0.2, -0.15) is 0 Å². The molecule has 0 radical (unpaired) electrons. The Hall–Kier alpha value is -0.530. The zero-order valence-corrected chi connectivity index (χ0v) is 7.90. The molecule has 1 aliphatic heterocycles. The summed E-state index contributed by atoms with van der Waals surface area (Å²) in [4.78, 5) is 2.35. The van der Waals surface area contributed by atoms with Crippen LogP contribution in [-0.2, 0) is 0 Å². The highest BCUT2D eigenvalue weighted by molar-refractivity contribution is 5.81. The van der Waals surface area contributed by atoms with Gasteiger partial charge >= 0.3 is 0 Å². The Balaban J connectivity index is 2.11. The highest BCUT2D eigenvalue weighted by Crippen LogP contribution is 2.37. The lowest BCUT2D eigenvalue weighted by Crippen LogP contribution is -2.44. The van der Waals surface area contributed by atoms with E-state index in [0.717, 1.165) is 18.8 Å². The fraction of sp³-hybridized carbons (Fsp3) is 0.900. The lowest BCUT2D eigenvalue weighted by molar-refractivity contribution is 0.213. The van der Waals surface area contributed by atoms with Gasteiger partial charge in [0, 0.05) is 18.5 Å². The summed E-state index contributed by atoms with van der Waals surface area (Å²) in [6.07, 6.45) is 7.54. The van der Waals surface area contributed by atoms with Gasteiger partial charge in [-0.3, -0.25) is 5.41 Å². The molecule has 0 aromatic rings. The standard InChI is InChI=1S/C10H18N2/c1-10(6-2-3-7-10)12-8-4-5-9(12)11/h11H,2-8H2,1H3. The van der Waals surface area contributed by atoms with Gasteiger partial charge in [0.05, 0.1) is 5.84 Å². The molecule has 2 nitrogen and oxygen atoms in total. The maximum Gasteiger partial charge on any atom is 0.0962 e. The second-order valence-corrected chi connectivity index (χ2v) is 4.41. The van der Waals surface area contributed by atoms with Crippen LogP contribution in [0.15, 0.2) is 0 Å². The van der Waals surface area contributed by atoms with Crippen molar-refractivity contribution >= 4 is 5.84 Å². The third-order valence-corrected chi connectivity index (χ3v) is 3.45. The molecule has 1 heterocycles. The number of rotatable bonds is 1. The molecular formula is C10H18N2. The Morgan fingerprint density at radius 3 is 2.42 bits per heavy atom. The largest absolute Gasteiger partial charge is 0.355 e.